The third-order valence-corrected chi connectivity index (χ3v) is 4.37. The lowest BCUT2D eigenvalue weighted by atomic mass is 10.00. The van der Waals surface area contributed by atoms with Gasteiger partial charge >= 0.3 is 11.6 Å². The van der Waals surface area contributed by atoms with Crippen LogP contribution in [0.2, 0.25) is 0 Å². The standard InChI is InChI=1S/C20H15FN4O3/c1-11-14-4-3-13(27-20-24-6-2-7-25-20)10-16(14)28-19(26)15(11)9-12-5-8-23-18(22)17(12)21/h2-8,10H,9H2,1H3,(H2,22,23). The molecular formula is C20H15FN4O3. The molecule has 7 nitrogen and oxygen atoms in total. The third kappa shape index (κ3) is 3.27. The largest absolute Gasteiger partial charge is 0.424 e. The Hall–Kier alpha value is -3.81. The van der Waals surface area contributed by atoms with Gasteiger partial charge in [0.15, 0.2) is 11.6 Å². The average Bonchev–Trinajstić information content (AvgIpc) is 2.69. The molecule has 0 unspecified atom stereocenters. The van der Waals surface area contributed by atoms with Crippen LogP contribution in [0.15, 0.2) is 58.1 Å². The number of benzene rings is 1. The van der Waals surface area contributed by atoms with Crippen LogP contribution in [0.5, 0.6) is 11.8 Å². The topological polar surface area (TPSA) is 104 Å². The Bertz CT molecular complexity index is 1230. The molecule has 0 atom stereocenters. The van der Waals surface area contributed by atoms with Crippen molar-refractivity contribution in [2.24, 2.45) is 0 Å². The van der Waals surface area contributed by atoms with E-state index in [1.165, 1.54) is 12.3 Å². The van der Waals surface area contributed by atoms with Gasteiger partial charge in [0, 0.05) is 42.0 Å². The van der Waals surface area contributed by atoms with Gasteiger partial charge in [0.2, 0.25) is 0 Å². The van der Waals surface area contributed by atoms with Crippen LogP contribution in [0.1, 0.15) is 16.7 Å². The van der Waals surface area contributed by atoms with Crippen molar-refractivity contribution in [3.63, 3.8) is 0 Å². The maximum Gasteiger partial charge on any atom is 0.340 e. The van der Waals surface area contributed by atoms with E-state index in [1.807, 2.05) is 0 Å². The third-order valence-electron chi connectivity index (χ3n) is 4.37. The van der Waals surface area contributed by atoms with Gasteiger partial charge in [-0.05, 0) is 42.3 Å². The van der Waals surface area contributed by atoms with E-state index in [-0.39, 0.29) is 23.8 Å². The monoisotopic (exact) mass is 378 g/mol. The van der Waals surface area contributed by atoms with E-state index in [0.29, 0.717) is 22.5 Å². The molecular weight excluding hydrogens is 363 g/mol. The summed E-state index contributed by atoms with van der Waals surface area (Å²) in [5.74, 6) is -0.403. The predicted octanol–water partition coefficient (Wildman–Crippen LogP) is 3.39. The molecule has 0 radical (unpaired) electrons. The second-order valence-corrected chi connectivity index (χ2v) is 6.13. The van der Waals surface area contributed by atoms with Crippen LogP contribution in [0.4, 0.5) is 10.2 Å². The highest BCUT2D eigenvalue weighted by Gasteiger charge is 2.16. The van der Waals surface area contributed by atoms with Gasteiger partial charge in [-0.2, -0.15) is 0 Å². The van der Waals surface area contributed by atoms with Crippen LogP contribution in [0.3, 0.4) is 0 Å². The molecule has 0 aliphatic carbocycles. The Labute approximate surface area is 158 Å². The smallest absolute Gasteiger partial charge is 0.340 e. The zero-order valence-corrected chi connectivity index (χ0v) is 14.8. The van der Waals surface area contributed by atoms with Gasteiger partial charge in [0.05, 0.1) is 0 Å². The summed E-state index contributed by atoms with van der Waals surface area (Å²) in [5, 5.41) is 0.721. The highest BCUT2D eigenvalue weighted by Crippen LogP contribution is 2.27. The van der Waals surface area contributed by atoms with Crippen molar-refractivity contribution in [2.75, 3.05) is 5.73 Å². The molecule has 0 saturated heterocycles. The Balaban J connectivity index is 1.73. The molecule has 3 aromatic heterocycles. The number of hydrogen-bond donors (Lipinski definition) is 1. The highest BCUT2D eigenvalue weighted by atomic mass is 19.1. The van der Waals surface area contributed by atoms with Gasteiger partial charge in [0.25, 0.3) is 0 Å². The summed E-state index contributed by atoms with van der Waals surface area (Å²) in [6, 6.07) is 8.44. The Morgan fingerprint density at radius 2 is 1.93 bits per heavy atom. The first-order chi connectivity index (χ1) is 13.5. The zero-order chi connectivity index (χ0) is 19.7. The fourth-order valence-corrected chi connectivity index (χ4v) is 2.91. The fraction of sp³-hybridized carbons (Fsp3) is 0.100. The van der Waals surface area contributed by atoms with Crippen molar-refractivity contribution >= 4 is 16.8 Å². The number of nitrogen functional groups attached to an aromatic ring is 1. The van der Waals surface area contributed by atoms with Crippen molar-refractivity contribution in [3.05, 3.63) is 81.9 Å². The lowest BCUT2D eigenvalue weighted by Gasteiger charge is -2.10. The minimum atomic E-state index is -0.631. The number of rotatable bonds is 4. The van der Waals surface area contributed by atoms with E-state index in [1.54, 1.807) is 43.6 Å². The fourth-order valence-electron chi connectivity index (χ4n) is 2.91. The number of aryl methyl sites for hydroxylation is 1. The van der Waals surface area contributed by atoms with Crippen molar-refractivity contribution in [3.8, 4) is 11.8 Å². The normalized spacial score (nSPS) is 10.9. The van der Waals surface area contributed by atoms with E-state index < -0.39 is 11.4 Å². The molecule has 0 aliphatic heterocycles. The number of aromatic nitrogens is 3. The first kappa shape index (κ1) is 17.6. The van der Waals surface area contributed by atoms with Gasteiger partial charge in [-0.3, -0.25) is 0 Å². The first-order valence-corrected chi connectivity index (χ1v) is 8.43. The molecule has 4 rings (SSSR count). The van der Waals surface area contributed by atoms with Gasteiger partial charge in [-0.1, -0.05) is 0 Å². The minimum Gasteiger partial charge on any atom is -0.424 e. The number of fused-ring (bicyclic) bond motifs is 1. The second kappa shape index (κ2) is 7.07. The van der Waals surface area contributed by atoms with E-state index in [4.69, 9.17) is 14.9 Å². The molecule has 2 N–H and O–H groups in total. The summed E-state index contributed by atoms with van der Waals surface area (Å²) in [5.41, 5.74) is 6.65. The van der Waals surface area contributed by atoms with Crippen LogP contribution in [0.25, 0.3) is 11.0 Å². The van der Waals surface area contributed by atoms with Crippen LogP contribution in [0, 0.1) is 12.7 Å². The van der Waals surface area contributed by atoms with Gasteiger partial charge in [-0.25, -0.2) is 24.1 Å². The first-order valence-electron chi connectivity index (χ1n) is 8.43. The summed E-state index contributed by atoms with van der Waals surface area (Å²) in [4.78, 5) is 24.2. The van der Waals surface area contributed by atoms with Crippen LogP contribution in [-0.4, -0.2) is 15.0 Å². The van der Waals surface area contributed by atoms with Crippen molar-refractivity contribution in [1.82, 2.24) is 15.0 Å². The Morgan fingerprint density at radius 1 is 1.14 bits per heavy atom. The predicted molar refractivity (Wildman–Crippen MR) is 101 cm³/mol. The molecule has 1 aromatic carbocycles. The molecule has 8 heteroatoms. The molecule has 0 saturated carbocycles. The number of nitrogens with two attached hydrogens (primary N) is 1. The number of ether oxygens (including phenoxy) is 1. The number of nitrogens with zero attached hydrogens (tertiary/aromatic N) is 3. The summed E-state index contributed by atoms with van der Waals surface area (Å²) >= 11 is 0. The number of anilines is 1. The van der Waals surface area contributed by atoms with Crippen molar-refractivity contribution in [2.45, 2.75) is 13.3 Å². The molecule has 0 spiro atoms. The van der Waals surface area contributed by atoms with E-state index >= 15 is 0 Å². The van der Waals surface area contributed by atoms with Gasteiger partial charge < -0.3 is 14.9 Å². The quantitative estimate of drug-likeness (QED) is 0.543. The highest BCUT2D eigenvalue weighted by molar-refractivity contribution is 5.82. The molecule has 0 amide bonds. The molecule has 4 aromatic rings. The molecule has 28 heavy (non-hydrogen) atoms. The summed E-state index contributed by atoms with van der Waals surface area (Å²) in [6.07, 6.45) is 4.58. The lowest BCUT2D eigenvalue weighted by Crippen LogP contribution is -2.12. The number of pyridine rings is 1. The zero-order valence-electron chi connectivity index (χ0n) is 14.8. The second-order valence-electron chi connectivity index (χ2n) is 6.13. The number of halogens is 1. The maximum absolute atomic E-state index is 14.2. The number of hydrogen-bond acceptors (Lipinski definition) is 7. The Kier molecular flexibility index (Phi) is 4.44. The minimum absolute atomic E-state index is 0.0543. The van der Waals surface area contributed by atoms with Crippen molar-refractivity contribution in [1.29, 1.82) is 0 Å². The lowest BCUT2D eigenvalue weighted by molar-refractivity contribution is 0.440. The SMILES string of the molecule is Cc1c(Cc2ccnc(N)c2F)c(=O)oc2cc(Oc3ncccn3)ccc12. The molecule has 0 bridgehead atoms. The maximum atomic E-state index is 14.2. The van der Waals surface area contributed by atoms with E-state index in [2.05, 4.69) is 15.0 Å². The van der Waals surface area contributed by atoms with Crippen LogP contribution in [-0.2, 0) is 6.42 Å². The molecule has 140 valence electrons. The van der Waals surface area contributed by atoms with E-state index in [0.717, 1.165) is 5.39 Å². The Morgan fingerprint density at radius 3 is 2.71 bits per heavy atom. The van der Waals surface area contributed by atoms with Gasteiger partial charge in [0.1, 0.15) is 11.3 Å². The molecule has 0 aliphatic rings. The summed E-state index contributed by atoms with van der Waals surface area (Å²) in [7, 11) is 0. The molecule has 3 heterocycles. The average molecular weight is 378 g/mol. The molecule has 0 fully saturated rings. The van der Waals surface area contributed by atoms with E-state index in [9.17, 15) is 9.18 Å². The van der Waals surface area contributed by atoms with Crippen LogP contribution < -0.4 is 16.1 Å². The summed E-state index contributed by atoms with van der Waals surface area (Å²) in [6.45, 7) is 1.79. The van der Waals surface area contributed by atoms with Crippen LogP contribution >= 0.6 is 0 Å². The van der Waals surface area contributed by atoms with Crippen molar-refractivity contribution < 1.29 is 13.5 Å². The summed E-state index contributed by atoms with van der Waals surface area (Å²) < 4.78 is 25.2. The van der Waals surface area contributed by atoms with Gasteiger partial charge in [-0.15, -0.1) is 0 Å².